The van der Waals surface area contributed by atoms with Gasteiger partial charge in [-0.1, -0.05) is 31.2 Å². The first kappa shape index (κ1) is 24.1. The van der Waals surface area contributed by atoms with Crippen LogP contribution in [0.4, 0.5) is 0 Å². The molecule has 1 heterocycles. The Morgan fingerprint density at radius 3 is 2.59 bits per heavy atom. The molecule has 5 aliphatic rings. The molecule has 1 spiro atoms. The van der Waals surface area contributed by atoms with E-state index in [1.165, 1.54) is 17.3 Å². The van der Waals surface area contributed by atoms with Crippen molar-refractivity contribution in [3.05, 3.63) is 11.6 Å². The second kappa shape index (κ2) is 8.21. The van der Waals surface area contributed by atoms with Gasteiger partial charge in [0.1, 0.15) is 5.60 Å². The second-order valence-electron chi connectivity index (χ2n) is 11.6. The van der Waals surface area contributed by atoms with Gasteiger partial charge in [-0.2, -0.15) is 0 Å². The monoisotopic (exact) mass is 488 g/mol. The van der Waals surface area contributed by atoms with E-state index < -0.39 is 23.5 Å². The molecule has 0 amide bonds. The van der Waals surface area contributed by atoms with Crippen LogP contribution in [0.5, 0.6) is 0 Å². The number of rotatable bonds is 3. The molecular weight excluding hydrogens is 452 g/mol. The topological polar surface area (TPSA) is 86.7 Å². The lowest BCUT2D eigenvalue weighted by molar-refractivity contribution is -0.169. The lowest BCUT2D eigenvalue weighted by Gasteiger charge is -2.61. The molecule has 0 aromatic carbocycles. The summed E-state index contributed by atoms with van der Waals surface area (Å²) in [5.74, 6) is -0.496. The molecule has 1 aliphatic heterocycles. The van der Waals surface area contributed by atoms with E-state index >= 15 is 0 Å². The van der Waals surface area contributed by atoms with Crippen molar-refractivity contribution in [3.8, 4) is 0 Å². The Bertz CT molecular complexity index is 972. The average molecular weight is 489 g/mol. The molecule has 34 heavy (non-hydrogen) atoms. The number of hydrogen-bond donors (Lipinski definition) is 0. The van der Waals surface area contributed by atoms with Gasteiger partial charge in [0.05, 0.1) is 6.61 Å². The van der Waals surface area contributed by atoms with Gasteiger partial charge in [-0.3, -0.25) is 19.2 Å². The fraction of sp³-hybridized carbons (Fsp3) is 0.778. The Labute approximate surface area is 206 Å². The number of hydrogen-bond acceptors (Lipinski definition) is 7. The van der Waals surface area contributed by atoms with Crippen LogP contribution in [0.15, 0.2) is 11.6 Å². The Balaban J connectivity index is 1.50. The van der Waals surface area contributed by atoms with Crippen LogP contribution in [0.25, 0.3) is 0 Å². The van der Waals surface area contributed by atoms with E-state index in [1.807, 2.05) is 6.08 Å². The summed E-state index contributed by atoms with van der Waals surface area (Å²) in [6.07, 6.45) is 8.13. The number of esters is 2. The molecule has 8 atom stereocenters. The summed E-state index contributed by atoms with van der Waals surface area (Å²) >= 11 is 1.44. The van der Waals surface area contributed by atoms with Crippen LogP contribution in [0.2, 0.25) is 0 Å². The summed E-state index contributed by atoms with van der Waals surface area (Å²) < 4.78 is 11.3. The third-order valence-electron chi connectivity index (χ3n) is 10.3. The van der Waals surface area contributed by atoms with Crippen LogP contribution >= 0.6 is 11.8 Å². The molecule has 4 fully saturated rings. The van der Waals surface area contributed by atoms with Gasteiger partial charge < -0.3 is 9.47 Å². The molecule has 0 aromatic heterocycles. The number of carbonyl (C=O) groups is 4. The zero-order chi connectivity index (χ0) is 24.5. The Morgan fingerprint density at radius 2 is 1.88 bits per heavy atom. The third kappa shape index (κ3) is 3.35. The molecule has 8 unspecified atom stereocenters. The SMILES string of the molecule is CCOC(=O)C1CC2(CCC3C4C(SC(C)=O)CC5=CC(=O)CCC5(C)C4CCC32C)OC1=O. The lowest BCUT2D eigenvalue weighted by atomic mass is 9.46. The molecule has 1 saturated heterocycles. The van der Waals surface area contributed by atoms with Gasteiger partial charge in [0.25, 0.3) is 0 Å². The first-order valence-electron chi connectivity index (χ1n) is 12.9. The second-order valence-corrected chi connectivity index (χ2v) is 13.0. The van der Waals surface area contributed by atoms with Crippen LogP contribution in [-0.2, 0) is 28.7 Å². The first-order valence-corrected chi connectivity index (χ1v) is 13.7. The fourth-order valence-corrected chi connectivity index (χ4v) is 9.80. The van der Waals surface area contributed by atoms with Gasteiger partial charge >= 0.3 is 11.9 Å². The van der Waals surface area contributed by atoms with Gasteiger partial charge in [0.2, 0.25) is 0 Å². The van der Waals surface area contributed by atoms with Crippen LogP contribution in [0.3, 0.4) is 0 Å². The maximum absolute atomic E-state index is 12.8. The minimum atomic E-state index is -0.835. The van der Waals surface area contributed by atoms with E-state index in [9.17, 15) is 19.2 Å². The zero-order valence-electron chi connectivity index (χ0n) is 20.7. The minimum absolute atomic E-state index is 0.0106. The van der Waals surface area contributed by atoms with E-state index in [1.54, 1.807) is 13.8 Å². The van der Waals surface area contributed by atoms with Crippen LogP contribution in [-0.4, -0.2) is 40.3 Å². The molecule has 3 saturated carbocycles. The van der Waals surface area contributed by atoms with Crippen molar-refractivity contribution in [2.45, 2.75) is 89.9 Å². The van der Waals surface area contributed by atoms with E-state index in [2.05, 4.69) is 13.8 Å². The van der Waals surface area contributed by atoms with Crippen molar-refractivity contribution < 1.29 is 28.7 Å². The Kier molecular flexibility index (Phi) is 5.81. The summed E-state index contributed by atoms with van der Waals surface area (Å²) in [6.45, 7) is 8.22. The summed E-state index contributed by atoms with van der Waals surface area (Å²) in [4.78, 5) is 49.9. The Hall–Kier alpha value is -1.63. The van der Waals surface area contributed by atoms with Crippen LogP contribution in [0.1, 0.15) is 79.1 Å². The van der Waals surface area contributed by atoms with Gasteiger partial charge in [-0.25, -0.2) is 0 Å². The van der Waals surface area contributed by atoms with Gasteiger partial charge in [-0.15, -0.1) is 0 Å². The maximum atomic E-state index is 12.8. The summed E-state index contributed by atoms with van der Waals surface area (Å²) in [5, 5.41) is 0.246. The number of carbonyl (C=O) groups excluding carboxylic acids is 4. The van der Waals surface area contributed by atoms with Crippen LogP contribution < -0.4 is 0 Å². The highest BCUT2D eigenvalue weighted by Crippen LogP contribution is 2.71. The Morgan fingerprint density at radius 1 is 1.15 bits per heavy atom. The molecular formula is C27H36O6S. The maximum Gasteiger partial charge on any atom is 0.321 e. The molecule has 4 aliphatic carbocycles. The largest absolute Gasteiger partial charge is 0.465 e. The zero-order valence-corrected chi connectivity index (χ0v) is 21.5. The number of ether oxygens (including phenoxy) is 2. The average Bonchev–Trinajstić information content (AvgIpc) is 3.26. The van der Waals surface area contributed by atoms with E-state index in [0.717, 1.165) is 38.5 Å². The summed E-state index contributed by atoms with van der Waals surface area (Å²) in [6, 6.07) is 0. The number of ketones is 1. The van der Waals surface area contributed by atoms with Gasteiger partial charge in [0, 0.05) is 30.4 Å². The van der Waals surface area contributed by atoms with Crippen molar-refractivity contribution in [2.75, 3.05) is 6.61 Å². The van der Waals surface area contributed by atoms with Gasteiger partial charge in [0.15, 0.2) is 16.8 Å². The molecule has 0 bridgehead atoms. The number of allylic oxidation sites excluding steroid dienone is 1. The lowest BCUT2D eigenvalue weighted by Crippen LogP contribution is -2.57. The summed E-state index contributed by atoms with van der Waals surface area (Å²) in [7, 11) is 0. The fourth-order valence-electron chi connectivity index (χ4n) is 8.57. The van der Waals surface area contributed by atoms with Crippen molar-refractivity contribution in [3.63, 3.8) is 0 Å². The van der Waals surface area contributed by atoms with E-state index in [4.69, 9.17) is 9.47 Å². The molecule has 0 N–H and O–H groups in total. The third-order valence-corrected chi connectivity index (χ3v) is 11.4. The quantitative estimate of drug-likeness (QED) is 0.422. The molecule has 0 aromatic rings. The highest BCUT2D eigenvalue weighted by molar-refractivity contribution is 8.14. The molecule has 0 radical (unpaired) electrons. The summed E-state index contributed by atoms with van der Waals surface area (Å²) in [5.41, 5.74) is 0.350. The molecule has 7 heteroatoms. The normalized spacial score (nSPS) is 45.2. The molecule has 6 nitrogen and oxygen atoms in total. The van der Waals surface area contributed by atoms with E-state index in [-0.39, 0.29) is 33.6 Å². The highest BCUT2D eigenvalue weighted by Gasteiger charge is 2.70. The smallest absolute Gasteiger partial charge is 0.321 e. The predicted molar refractivity (Wildman–Crippen MR) is 128 cm³/mol. The standard InChI is InChI=1S/C27H36O6S/c1-5-32-23(30)18-14-27(33-24(18)31)11-8-20-22-19(7-10-26(20,27)4)25(3)9-6-17(29)12-16(25)13-21(22)34-15(2)28/h12,18-22H,5-11,13-14H2,1-4H3. The van der Waals surface area contributed by atoms with Crippen molar-refractivity contribution >= 4 is 34.6 Å². The minimum Gasteiger partial charge on any atom is -0.465 e. The van der Waals surface area contributed by atoms with Crippen LogP contribution in [0, 0.1) is 34.5 Å². The predicted octanol–water partition coefficient (Wildman–Crippen LogP) is 4.64. The van der Waals surface area contributed by atoms with Crippen molar-refractivity contribution in [1.29, 1.82) is 0 Å². The molecule has 186 valence electrons. The number of thioether (sulfide) groups is 1. The number of fused-ring (bicyclic) bond motifs is 6. The van der Waals surface area contributed by atoms with Crippen molar-refractivity contribution in [2.24, 2.45) is 34.5 Å². The first-order chi connectivity index (χ1) is 16.0. The van der Waals surface area contributed by atoms with Crippen molar-refractivity contribution in [1.82, 2.24) is 0 Å². The molecule has 5 rings (SSSR count). The van der Waals surface area contributed by atoms with E-state index in [0.29, 0.717) is 30.6 Å². The highest BCUT2D eigenvalue weighted by atomic mass is 32.2. The van der Waals surface area contributed by atoms with Gasteiger partial charge in [-0.05, 0) is 74.7 Å².